The number of rotatable bonds is 8. The van der Waals surface area contributed by atoms with Crippen molar-refractivity contribution in [3.63, 3.8) is 0 Å². The molecule has 6 heteroatoms. The Morgan fingerprint density at radius 2 is 2.17 bits per heavy atom. The van der Waals surface area contributed by atoms with Gasteiger partial charge < -0.3 is 14.6 Å². The minimum Gasteiger partial charge on any atom is -0.389 e. The van der Waals surface area contributed by atoms with Crippen LogP contribution >= 0.6 is 0 Å². The summed E-state index contributed by atoms with van der Waals surface area (Å²) in [7, 11) is 0. The van der Waals surface area contributed by atoms with Gasteiger partial charge in [-0.05, 0) is 11.6 Å². The number of aliphatic hydroxyl groups excluding tert-OH is 1. The Labute approximate surface area is 142 Å². The highest BCUT2D eigenvalue weighted by molar-refractivity contribution is 5.13. The number of ether oxygens (including phenoxy) is 2. The fourth-order valence-corrected chi connectivity index (χ4v) is 2.91. The third-order valence-electron chi connectivity index (χ3n) is 4.06. The summed E-state index contributed by atoms with van der Waals surface area (Å²) in [4.78, 5) is 2.23. The largest absolute Gasteiger partial charge is 0.389 e. The Bertz CT molecular complexity index is 576. The number of aromatic nitrogens is 2. The van der Waals surface area contributed by atoms with E-state index >= 15 is 0 Å². The van der Waals surface area contributed by atoms with Crippen molar-refractivity contribution in [3.8, 4) is 0 Å². The van der Waals surface area contributed by atoms with E-state index in [-0.39, 0.29) is 6.10 Å². The van der Waals surface area contributed by atoms with Crippen LogP contribution < -0.4 is 0 Å². The van der Waals surface area contributed by atoms with E-state index in [1.807, 2.05) is 47.3 Å². The Kier molecular flexibility index (Phi) is 6.37. The number of hydrogen-bond acceptors (Lipinski definition) is 5. The van der Waals surface area contributed by atoms with Crippen molar-refractivity contribution in [3.05, 3.63) is 54.4 Å². The molecule has 0 bridgehead atoms. The maximum Gasteiger partial charge on any atom is 0.0900 e. The zero-order valence-electron chi connectivity index (χ0n) is 13.8. The second-order valence-corrected chi connectivity index (χ2v) is 6.14. The van der Waals surface area contributed by atoms with Gasteiger partial charge in [-0.3, -0.25) is 9.58 Å². The van der Waals surface area contributed by atoms with Crippen LogP contribution in [-0.2, 0) is 22.6 Å². The van der Waals surface area contributed by atoms with Crippen LogP contribution in [0, 0.1) is 0 Å². The van der Waals surface area contributed by atoms with Crippen LogP contribution in [0.25, 0.3) is 0 Å². The number of hydrogen-bond donors (Lipinski definition) is 1. The lowest BCUT2D eigenvalue weighted by atomic mass is 10.2. The van der Waals surface area contributed by atoms with Crippen LogP contribution in [0.2, 0.25) is 0 Å². The van der Waals surface area contributed by atoms with Crippen molar-refractivity contribution in [2.45, 2.75) is 25.4 Å². The minimum absolute atomic E-state index is 0.107. The lowest BCUT2D eigenvalue weighted by Crippen LogP contribution is -2.47. The van der Waals surface area contributed by atoms with Gasteiger partial charge in [0.15, 0.2) is 0 Å². The summed E-state index contributed by atoms with van der Waals surface area (Å²) < 4.78 is 13.3. The van der Waals surface area contributed by atoms with Crippen molar-refractivity contribution in [2.75, 3.05) is 32.8 Å². The first-order chi connectivity index (χ1) is 11.8. The third-order valence-corrected chi connectivity index (χ3v) is 4.06. The van der Waals surface area contributed by atoms with Gasteiger partial charge in [0.2, 0.25) is 0 Å². The molecule has 0 radical (unpaired) electrons. The number of β-amino-alcohol motifs (C(OH)–C–C–N with tert-alkyl or cyclic N) is 1. The quantitative estimate of drug-likeness (QED) is 0.787. The molecule has 2 atom stereocenters. The molecule has 3 rings (SSSR count). The van der Waals surface area contributed by atoms with Crippen LogP contribution in [0.5, 0.6) is 0 Å². The lowest BCUT2D eigenvalue weighted by molar-refractivity contribution is -0.0583. The molecule has 1 aliphatic rings. The summed E-state index contributed by atoms with van der Waals surface area (Å²) >= 11 is 0. The highest BCUT2D eigenvalue weighted by Crippen LogP contribution is 2.09. The van der Waals surface area contributed by atoms with E-state index in [4.69, 9.17) is 9.47 Å². The fraction of sp³-hybridized carbons (Fsp3) is 0.500. The molecule has 0 saturated carbocycles. The Hall–Kier alpha value is -1.73. The summed E-state index contributed by atoms with van der Waals surface area (Å²) in [6.45, 7) is 4.54. The number of morpholine rings is 1. The number of aliphatic hydroxyl groups is 1. The number of nitrogens with zero attached hydrogens (tertiary/aromatic N) is 3. The summed E-state index contributed by atoms with van der Waals surface area (Å²) in [5.74, 6) is 0. The predicted molar refractivity (Wildman–Crippen MR) is 90.5 cm³/mol. The van der Waals surface area contributed by atoms with Crippen molar-refractivity contribution in [2.24, 2.45) is 0 Å². The monoisotopic (exact) mass is 331 g/mol. The Morgan fingerprint density at radius 3 is 2.96 bits per heavy atom. The second kappa shape index (κ2) is 8.94. The van der Waals surface area contributed by atoms with Crippen molar-refractivity contribution < 1.29 is 14.6 Å². The topological polar surface area (TPSA) is 59.8 Å². The maximum absolute atomic E-state index is 10.2. The minimum atomic E-state index is -0.489. The molecule has 1 N–H and O–H groups in total. The Balaban J connectivity index is 1.36. The average Bonchev–Trinajstić information content (AvgIpc) is 3.09. The van der Waals surface area contributed by atoms with Crippen molar-refractivity contribution >= 4 is 0 Å². The lowest BCUT2D eigenvalue weighted by Gasteiger charge is -2.34. The summed E-state index contributed by atoms with van der Waals surface area (Å²) in [5, 5.41) is 14.4. The molecule has 2 heterocycles. The fourth-order valence-electron chi connectivity index (χ4n) is 2.91. The SMILES string of the molecule is O[C@@H](COCc1ccccc1)CN1CCO[C@H](Cn2cccn2)C1. The first-order valence-electron chi connectivity index (χ1n) is 8.41. The standard InChI is InChI=1S/C18H25N3O3/c22-17(15-23-14-16-5-2-1-3-6-16)11-20-9-10-24-18(12-20)13-21-8-4-7-19-21/h1-8,17-18,22H,9-15H2/t17-,18+/m1/s1. The highest BCUT2D eigenvalue weighted by Gasteiger charge is 2.22. The van der Waals surface area contributed by atoms with Crippen molar-refractivity contribution in [1.82, 2.24) is 14.7 Å². The van der Waals surface area contributed by atoms with E-state index in [0.29, 0.717) is 26.4 Å². The molecular formula is C18H25N3O3. The van der Waals surface area contributed by atoms with Gasteiger partial charge in [-0.1, -0.05) is 30.3 Å². The molecular weight excluding hydrogens is 306 g/mol. The molecule has 0 unspecified atom stereocenters. The molecule has 24 heavy (non-hydrogen) atoms. The first kappa shape index (κ1) is 17.1. The van der Waals surface area contributed by atoms with E-state index in [1.54, 1.807) is 6.20 Å². The van der Waals surface area contributed by atoms with E-state index < -0.39 is 6.10 Å². The van der Waals surface area contributed by atoms with E-state index in [1.165, 1.54) is 0 Å². The molecule has 6 nitrogen and oxygen atoms in total. The van der Waals surface area contributed by atoms with Gasteiger partial charge in [-0.25, -0.2) is 0 Å². The zero-order chi connectivity index (χ0) is 16.6. The molecule has 1 saturated heterocycles. The average molecular weight is 331 g/mol. The van der Waals surface area contributed by atoms with Gasteiger partial charge in [0.25, 0.3) is 0 Å². The van der Waals surface area contributed by atoms with Crippen LogP contribution in [0.4, 0.5) is 0 Å². The predicted octanol–water partition coefficient (Wildman–Crippen LogP) is 1.16. The zero-order valence-corrected chi connectivity index (χ0v) is 13.8. The van der Waals surface area contributed by atoms with Gasteiger partial charge in [-0.2, -0.15) is 5.10 Å². The van der Waals surface area contributed by atoms with Crippen LogP contribution in [0.1, 0.15) is 5.56 Å². The molecule has 1 aromatic heterocycles. The molecule has 0 aliphatic carbocycles. The van der Waals surface area contributed by atoms with Gasteiger partial charge in [0, 0.05) is 32.0 Å². The Morgan fingerprint density at radius 1 is 1.29 bits per heavy atom. The molecule has 1 fully saturated rings. The van der Waals surface area contributed by atoms with E-state index in [2.05, 4.69) is 10.00 Å². The molecule has 1 aromatic carbocycles. The van der Waals surface area contributed by atoms with Crippen LogP contribution in [-0.4, -0.2) is 64.8 Å². The van der Waals surface area contributed by atoms with Gasteiger partial charge >= 0.3 is 0 Å². The normalized spacial score (nSPS) is 20.1. The van der Waals surface area contributed by atoms with Gasteiger partial charge in [0.05, 0.1) is 38.6 Å². The smallest absolute Gasteiger partial charge is 0.0900 e. The summed E-state index contributed by atoms with van der Waals surface area (Å²) in [5.41, 5.74) is 1.12. The first-order valence-corrected chi connectivity index (χ1v) is 8.41. The molecule has 2 aromatic rings. The third kappa shape index (κ3) is 5.42. The van der Waals surface area contributed by atoms with E-state index in [9.17, 15) is 5.11 Å². The molecule has 0 spiro atoms. The van der Waals surface area contributed by atoms with Crippen LogP contribution in [0.15, 0.2) is 48.8 Å². The number of benzene rings is 1. The molecule has 130 valence electrons. The van der Waals surface area contributed by atoms with Crippen LogP contribution in [0.3, 0.4) is 0 Å². The summed E-state index contributed by atoms with van der Waals surface area (Å²) in [6.07, 6.45) is 3.33. The van der Waals surface area contributed by atoms with Gasteiger partial charge in [-0.15, -0.1) is 0 Å². The van der Waals surface area contributed by atoms with Gasteiger partial charge in [0.1, 0.15) is 0 Å². The molecule has 0 amide bonds. The summed E-state index contributed by atoms with van der Waals surface area (Å²) in [6, 6.07) is 11.9. The van der Waals surface area contributed by atoms with E-state index in [0.717, 1.165) is 25.2 Å². The highest BCUT2D eigenvalue weighted by atomic mass is 16.5. The second-order valence-electron chi connectivity index (χ2n) is 6.14. The van der Waals surface area contributed by atoms with Crippen molar-refractivity contribution in [1.29, 1.82) is 0 Å². The molecule has 1 aliphatic heterocycles. The maximum atomic E-state index is 10.2.